The fourth-order valence-electron chi connectivity index (χ4n) is 3.10. The Morgan fingerprint density at radius 1 is 1.10 bits per heavy atom. The van der Waals surface area contributed by atoms with Gasteiger partial charge in [-0.25, -0.2) is 4.99 Å². The number of halogens is 1. The highest BCUT2D eigenvalue weighted by Crippen LogP contribution is 2.35. The van der Waals surface area contributed by atoms with Crippen LogP contribution < -0.4 is 0 Å². The molecule has 158 valence electrons. The fraction of sp³-hybridized carbons (Fsp3) is 0.167. The molecule has 0 bridgehead atoms. The second kappa shape index (κ2) is 10.1. The van der Waals surface area contributed by atoms with Gasteiger partial charge >= 0.3 is 0 Å². The zero-order valence-electron chi connectivity index (χ0n) is 17.0. The van der Waals surface area contributed by atoms with Crippen molar-refractivity contribution in [1.82, 2.24) is 4.90 Å². The summed E-state index contributed by atoms with van der Waals surface area (Å²) in [6.07, 6.45) is 2.52. The first-order valence-electron chi connectivity index (χ1n) is 9.84. The summed E-state index contributed by atoms with van der Waals surface area (Å²) >= 11 is 4.80. The van der Waals surface area contributed by atoms with Gasteiger partial charge in [-0.3, -0.25) is 9.69 Å². The van der Waals surface area contributed by atoms with Crippen LogP contribution in [0.5, 0.6) is 0 Å². The lowest BCUT2D eigenvalue weighted by molar-refractivity contribution is -0.122. The molecule has 0 atom stereocenters. The molecule has 0 saturated carbocycles. The highest BCUT2D eigenvalue weighted by molar-refractivity contribution is 9.10. The minimum Gasteiger partial charge on any atom is -0.457 e. The maximum Gasteiger partial charge on any atom is 0.266 e. The Balaban J connectivity index is 1.59. The van der Waals surface area contributed by atoms with Crippen molar-refractivity contribution in [2.24, 2.45) is 4.99 Å². The number of thioether (sulfide) groups is 1. The van der Waals surface area contributed by atoms with Crippen molar-refractivity contribution in [3.63, 3.8) is 0 Å². The molecule has 3 aromatic rings. The number of aliphatic imine (C=N–C) groups is 1. The summed E-state index contributed by atoms with van der Waals surface area (Å²) in [5.41, 5.74) is 1.79. The topological polar surface area (TPSA) is 55.0 Å². The third-order valence-corrected chi connectivity index (χ3v) is 6.16. The van der Waals surface area contributed by atoms with Crippen LogP contribution in [0.1, 0.15) is 12.2 Å². The van der Waals surface area contributed by atoms with E-state index in [1.807, 2.05) is 66.7 Å². The monoisotopic (exact) mass is 496 g/mol. The number of ether oxygens (including phenoxy) is 1. The molecule has 2 aromatic carbocycles. The van der Waals surface area contributed by atoms with Gasteiger partial charge in [-0.15, -0.1) is 0 Å². The molecule has 0 unspecified atom stereocenters. The van der Waals surface area contributed by atoms with Crippen LogP contribution in [0, 0.1) is 0 Å². The van der Waals surface area contributed by atoms with Gasteiger partial charge in [0.15, 0.2) is 5.17 Å². The first kappa shape index (κ1) is 21.6. The second-order valence-electron chi connectivity index (χ2n) is 6.85. The Morgan fingerprint density at radius 3 is 2.61 bits per heavy atom. The summed E-state index contributed by atoms with van der Waals surface area (Å²) in [4.78, 5) is 20.1. The van der Waals surface area contributed by atoms with Gasteiger partial charge in [0.1, 0.15) is 11.5 Å². The molecule has 7 heteroatoms. The smallest absolute Gasteiger partial charge is 0.266 e. The third kappa shape index (κ3) is 5.36. The Kier molecular flexibility index (Phi) is 7.06. The molecule has 31 heavy (non-hydrogen) atoms. The fourth-order valence-corrected chi connectivity index (χ4v) is 4.37. The average Bonchev–Trinajstić information content (AvgIpc) is 3.36. The van der Waals surface area contributed by atoms with Gasteiger partial charge in [-0.2, -0.15) is 0 Å². The molecule has 0 aliphatic carbocycles. The highest BCUT2D eigenvalue weighted by Gasteiger charge is 2.33. The van der Waals surface area contributed by atoms with Crippen molar-refractivity contribution in [2.75, 3.05) is 20.3 Å². The maximum absolute atomic E-state index is 13.1. The number of rotatable bonds is 7. The largest absolute Gasteiger partial charge is 0.457 e. The Bertz CT molecular complexity index is 1110. The van der Waals surface area contributed by atoms with E-state index in [9.17, 15) is 4.79 Å². The van der Waals surface area contributed by atoms with Crippen LogP contribution in [0.3, 0.4) is 0 Å². The van der Waals surface area contributed by atoms with E-state index in [2.05, 4.69) is 20.9 Å². The molecule has 1 saturated heterocycles. The number of furan rings is 1. The second-order valence-corrected chi connectivity index (χ2v) is 8.78. The number of methoxy groups -OCH3 is 1. The molecule has 1 aliphatic rings. The van der Waals surface area contributed by atoms with Crippen LogP contribution in [0.25, 0.3) is 17.4 Å². The summed E-state index contributed by atoms with van der Waals surface area (Å²) in [6.45, 7) is 1.13. The lowest BCUT2D eigenvalue weighted by Crippen LogP contribution is -2.30. The minimum atomic E-state index is -0.0719. The van der Waals surface area contributed by atoms with E-state index in [0.717, 1.165) is 27.9 Å². The maximum atomic E-state index is 13.1. The molecule has 5 nitrogen and oxygen atoms in total. The number of amidine groups is 1. The number of amides is 1. The quantitative estimate of drug-likeness (QED) is 0.282. The third-order valence-electron chi connectivity index (χ3n) is 4.63. The molecule has 1 aliphatic heterocycles. The van der Waals surface area contributed by atoms with Crippen molar-refractivity contribution < 1.29 is 13.9 Å². The lowest BCUT2D eigenvalue weighted by atomic mass is 10.2. The van der Waals surface area contributed by atoms with E-state index in [0.29, 0.717) is 29.0 Å². The highest BCUT2D eigenvalue weighted by atomic mass is 79.9. The molecular formula is C24H21BrN2O3S. The van der Waals surface area contributed by atoms with Crippen molar-refractivity contribution in [1.29, 1.82) is 0 Å². The van der Waals surface area contributed by atoms with Gasteiger partial charge in [0.05, 0.1) is 10.6 Å². The van der Waals surface area contributed by atoms with Crippen LogP contribution in [0.15, 0.2) is 85.5 Å². The SMILES string of the molecule is COCCCN1C(=O)/C(=C\c2ccc(-c3ccc(Br)cc3)o2)SC1=Nc1ccccc1. The van der Waals surface area contributed by atoms with Gasteiger partial charge in [-0.1, -0.05) is 46.3 Å². The number of carbonyl (C=O) groups is 1. The van der Waals surface area contributed by atoms with Crippen LogP contribution in [-0.4, -0.2) is 36.2 Å². The number of benzene rings is 2. The number of nitrogens with zero attached hydrogens (tertiary/aromatic N) is 2. The van der Waals surface area contributed by atoms with Gasteiger partial charge in [0, 0.05) is 36.4 Å². The molecule has 0 N–H and O–H groups in total. The first-order chi connectivity index (χ1) is 15.1. The van der Waals surface area contributed by atoms with Crippen molar-refractivity contribution in [2.45, 2.75) is 6.42 Å². The van der Waals surface area contributed by atoms with Crippen LogP contribution in [0.4, 0.5) is 5.69 Å². The Labute approximate surface area is 193 Å². The van der Waals surface area contributed by atoms with Crippen molar-refractivity contribution >= 4 is 50.5 Å². The van der Waals surface area contributed by atoms with Gasteiger partial charge in [-0.05, 0) is 54.6 Å². The molecular weight excluding hydrogens is 476 g/mol. The van der Waals surface area contributed by atoms with Crippen LogP contribution in [0.2, 0.25) is 0 Å². The van der Waals surface area contributed by atoms with E-state index in [1.165, 1.54) is 11.8 Å². The number of carbonyl (C=O) groups excluding carboxylic acids is 1. The predicted octanol–water partition coefficient (Wildman–Crippen LogP) is 6.35. The summed E-state index contributed by atoms with van der Waals surface area (Å²) in [6, 6.07) is 21.3. The molecule has 4 rings (SSSR count). The molecule has 0 radical (unpaired) electrons. The van der Waals surface area contributed by atoms with E-state index in [4.69, 9.17) is 9.15 Å². The summed E-state index contributed by atoms with van der Waals surface area (Å²) in [5.74, 6) is 1.31. The van der Waals surface area contributed by atoms with E-state index >= 15 is 0 Å². The number of hydrogen-bond donors (Lipinski definition) is 0. The molecule has 1 fully saturated rings. The Hall–Kier alpha value is -2.61. The zero-order valence-corrected chi connectivity index (χ0v) is 19.4. The normalized spacial score (nSPS) is 16.6. The van der Waals surface area contributed by atoms with E-state index in [1.54, 1.807) is 18.1 Å². The van der Waals surface area contributed by atoms with Crippen LogP contribution >= 0.6 is 27.7 Å². The molecule has 2 heterocycles. The lowest BCUT2D eigenvalue weighted by Gasteiger charge is -2.15. The molecule has 1 amide bonds. The van der Waals surface area contributed by atoms with Crippen molar-refractivity contribution in [3.05, 3.63) is 81.9 Å². The first-order valence-corrected chi connectivity index (χ1v) is 11.4. The van der Waals surface area contributed by atoms with Gasteiger partial charge < -0.3 is 9.15 Å². The molecule has 1 aromatic heterocycles. The summed E-state index contributed by atoms with van der Waals surface area (Å²) in [5, 5.41) is 0.665. The molecule has 0 spiro atoms. The Morgan fingerprint density at radius 2 is 1.87 bits per heavy atom. The number of para-hydroxylation sites is 1. The van der Waals surface area contributed by atoms with E-state index in [-0.39, 0.29) is 5.91 Å². The number of hydrogen-bond acceptors (Lipinski definition) is 5. The van der Waals surface area contributed by atoms with Gasteiger partial charge in [0.2, 0.25) is 0 Å². The van der Waals surface area contributed by atoms with Crippen LogP contribution in [-0.2, 0) is 9.53 Å². The van der Waals surface area contributed by atoms with Crippen molar-refractivity contribution in [3.8, 4) is 11.3 Å². The van der Waals surface area contributed by atoms with Gasteiger partial charge in [0.25, 0.3) is 5.91 Å². The van der Waals surface area contributed by atoms with E-state index < -0.39 is 0 Å². The average molecular weight is 497 g/mol. The zero-order chi connectivity index (χ0) is 21.6. The summed E-state index contributed by atoms with van der Waals surface area (Å²) in [7, 11) is 1.66. The predicted molar refractivity (Wildman–Crippen MR) is 129 cm³/mol. The minimum absolute atomic E-state index is 0.0719. The standard InChI is InChI=1S/C24H21BrN2O3S/c1-29-15-5-14-27-23(28)22(31-24(27)26-19-6-3-2-4-7-19)16-20-12-13-21(30-20)17-8-10-18(25)11-9-17/h2-4,6-13,16H,5,14-15H2,1H3/b22-16+,26-24?. The summed E-state index contributed by atoms with van der Waals surface area (Å²) < 4.78 is 12.1.